The van der Waals surface area contributed by atoms with Crippen LogP contribution in [0.3, 0.4) is 0 Å². The summed E-state index contributed by atoms with van der Waals surface area (Å²) in [6.07, 6.45) is 4.23. The Morgan fingerprint density at radius 1 is 1.00 bits per heavy atom. The average Bonchev–Trinajstić information content (AvgIpc) is 3.31. The highest BCUT2D eigenvalue weighted by Gasteiger charge is 2.32. The fourth-order valence-electron chi connectivity index (χ4n) is 4.41. The van der Waals surface area contributed by atoms with E-state index in [0.717, 1.165) is 53.5 Å². The number of amides is 1. The average molecular weight is 418 g/mol. The van der Waals surface area contributed by atoms with Crippen LogP contribution in [-0.2, 0) is 16.1 Å². The number of rotatable bonds is 8. The third-order valence-corrected chi connectivity index (χ3v) is 5.97. The molecule has 1 amide bonds. The SMILES string of the molecule is O=C(O)CNC(=O)C(c1ccc(NCc2ccc3ccccc3n2)cc1)C1CCCC1. The number of aliphatic carboxylic acids is 1. The van der Waals surface area contributed by atoms with Crippen LogP contribution < -0.4 is 10.6 Å². The van der Waals surface area contributed by atoms with E-state index in [-0.39, 0.29) is 24.3 Å². The second kappa shape index (κ2) is 9.60. The van der Waals surface area contributed by atoms with Gasteiger partial charge in [-0.05, 0) is 48.6 Å². The molecule has 1 saturated carbocycles. The standard InChI is InChI=1S/C25H27N3O3/c29-23(30)16-27-25(31)24(18-6-1-2-7-18)19-10-12-20(13-11-19)26-15-21-14-9-17-5-3-4-8-22(17)28-21/h3-5,8-14,18,24,26H,1-2,6-7,15-16H2,(H,27,31)(H,29,30). The molecule has 4 rings (SSSR count). The minimum atomic E-state index is -1.03. The summed E-state index contributed by atoms with van der Waals surface area (Å²) in [5, 5.41) is 16.0. The van der Waals surface area contributed by atoms with E-state index in [0.29, 0.717) is 6.54 Å². The van der Waals surface area contributed by atoms with E-state index in [2.05, 4.69) is 21.7 Å². The van der Waals surface area contributed by atoms with E-state index in [9.17, 15) is 9.59 Å². The molecule has 1 aliphatic carbocycles. The molecular formula is C25H27N3O3. The number of nitrogens with one attached hydrogen (secondary N) is 2. The summed E-state index contributed by atoms with van der Waals surface area (Å²) in [5.74, 6) is -1.27. The fraction of sp³-hybridized carbons (Fsp3) is 0.320. The van der Waals surface area contributed by atoms with Gasteiger partial charge in [0.15, 0.2) is 0 Å². The number of aromatic nitrogens is 1. The second-order valence-corrected chi connectivity index (χ2v) is 8.10. The Bertz CT molecular complexity index is 1060. The van der Waals surface area contributed by atoms with Gasteiger partial charge in [0.25, 0.3) is 0 Å². The predicted molar refractivity (Wildman–Crippen MR) is 121 cm³/mol. The van der Waals surface area contributed by atoms with E-state index in [4.69, 9.17) is 5.11 Å². The number of carbonyl (C=O) groups is 2. The van der Waals surface area contributed by atoms with Crippen molar-refractivity contribution in [3.8, 4) is 0 Å². The largest absolute Gasteiger partial charge is 0.480 e. The van der Waals surface area contributed by atoms with Gasteiger partial charge in [-0.15, -0.1) is 0 Å². The molecule has 1 unspecified atom stereocenters. The van der Waals surface area contributed by atoms with Crippen molar-refractivity contribution in [2.75, 3.05) is 11.9 Å². The number of pyridine rings is 1. The van der Waals surface area contributed by atoms with Crippen LogP contribution in [0.15, 0.2) is 60.7 Å². The molecule has 31 heavy (non-hydrogen) atoms. The summed E-state index contributed by atoms with van der Waals surface area (Å²) in [6.45, 7) is 0.260. The Hall–Kier alpha value is -3.41. The molecule has 1 aromatic heterocycles. The molecule has 1 fully saturated rings. The van der Waals surface area contributed by atoms with Gasteiger partial charge in [0.2, 0.25) is 5.91 Å². The molecule has 1 heterocycles. The first-order valence-electron chi connectivity index (χ1n) is 10.8. The summed E-state index contributed by atoms with van der Waals surface area (Å²) < 4.78 is 0. The van der Waals surface area contributed by atoms with Gasteiger partial charge < -0.3 is 15.7 Å². The summed E-state index contributed by atoms with van der Waals surface area (Å²) in [4.78, 5) is 28.3. The number of fused-ring (bicyclic) bond motifs is 1. The number of hydrogen-bond donors (Lipinski definition) is 3. The summed E-state index contributed by atoms with van der Waals surface area (Å²) in [6, 6.07) is 20.0. The van der Waals surface area contributed by atoms with Gasteiger partial charge in [0.05, 0.1) is 23.7 Å². The summed E-state index contributed by atoms with van der Waals surface area (Å²) in [5.41, 5.74) is 3.82. The molecular weight excluding hydrogens is 390 g/mol. The number of carboxylic acids is 1. The molecule has 1 atom stereocenters. The van der Waals surface area contributed by atoms with Crippen molar-refractivity contribution in [3.05, 3.63) is 71.9 Å². The Kier molecular flexibility index (Phi) is 6.46. The first-order valence-corrected chi connectivity index (χ1v) is 10.8. The topological polar surface area (TPSA) is 91.3 Å². The van der Waals surface area contributed by atoms with Crippen LogP contribution in [-0.4, -0.2) is 28.5 Å². The van der Waals surface area contributed by atoms with E-state index < -0.39 is 5.97 Å². The van der Waals surface area contributed by atoms with Crippen molar-refractivity contribution < 1.29 is 14.7 Å². The van der Waals surface area contributed by atoms with E-state index in [1.54, 1.807) is 0 Å². The highest BCUT2D eigenvalue weighted by Crippen LogP contribution is 2.37. The van der Waals surface area contributed by atoms with Crippen LogP contribution >= 0.6 is 0 Å². The molecule has 0 radical (unpaired) electrons. The first-order chi connectivity index (χ1) is 15.1. The lowest BCUT2D eigenvalue weighted by Gasteiger charge is -2.23. The minimum Gasteiger partial charge on any atom is -0.480 e. The van der Waals surface area contributed by atoms with Crippen LogP contribution in [0, 0.1) is 5.92 Å². The van der Waals surface area contributed by atoms with Crippen molar-refractivity contribution in [2.45, 2.75) is 38.1 Å². The number of carboxylic acid groups (broad SMARTS) is 1. The third kappa shape index (κ3) is 5.20. The lowest BCUT2D eigenvalue weighted by molar-refractivity contribution is -0.138. The monoisotopic (exact) mass is 417 g/mol. The number of hydrogen-bond acceptors (Lipinski definition) is 4. The number of nitrogens with zero attached hydrogens (tertiary/aromatic N) is 1. The Labute approximate surface area is 181 Å². The van der Waals surface area contributed by atoms with E-state index in [1.807, 2.05) is 54.6 Å². The van der Waals surface area contributed by atoms with Crippen LogP contribution in [0.25, 0.3) is 10.9 Å². The van der Waals surface area contributed by atoms with Gasteiger partial charge in [-0.3, -0.25) is 14.6 Å². The molecule has 2 aromatic carbocycles. The Morgan fingerprint density at radius 2 is 1.74 bits per heavy atom. The van der Waals surface area contributed by atoms with Crippen molar-refractivity contribution in [1.29, 1.82) is 0 Å². The maximum Gasteiger partial charge on any atom is 0.322 e. The van der Waals surface area contributed by atoms with Gasteiger partial charge in [-0.1, -0.05) is 49.2 Å². The quantitative estimate of drug-likeness (QED) is 0.508. The highest BCUT2D eigenvalue weighted by atomic mass is 16.4. The molecule has 0 bridgehead atoms. The molecule has 6 heteroatoms. The van der Waals surface area contributed by atoms with Crippen LogP contribution in [0.1, 0.15) is 42.9 Å². The van der Waals surface area contributed by atoms with Crippen molar-refractivity contribution in [2.24, 2.45) is 5.92 Å². The predicted octanol–water partition coefficient (Wildman–Crippen LogP) is 4.32. The zero-order chi connectivity index (χ0) is 21.6. The van der Waals surface area contributed by atoms with E-state index in [1.165, 1.54) is 0 Å². The van der Waals surface area contributed by atoms with Gasteiger partial charge in [-0.2, -0.15) is 0 Å². The van der Waals surface area contributed by atoms with Gasteiger partial charge in [0, 0.05) is 11.1 Å². The van der Waals surface area contributed by atoms with Gasteiger partial charge >= 0.3 is 5.97 Å². The smallest absolute Gasteiger partial charge is 0.322 e. The van der Waals surface area contributed by atoms with Crippen LogP contribution in [0.4, 0.5) is 5.69 Å². The molecule has 3 aromatic rings. The summed E-state index contributed by atoms with van der Waals surface area (Å²) >= 11 is 0. The van der Waals surface area contributed by atoms with Crippen molar-refractivity contribution >= 4 is 28.5 Å². The Morgan fingerprint density at radius 3 is 2.48 bits per heavy atom. The van der Waals surface area contributed by atoms with Gasteiger partial charge in [-0.25, -0.2) is 0 Å². The molecule has 160 valence electrons. The molecule has 6 nitrogen and oxygen atoms in total. The summed E-state index contributed by atoms with van der Waals surface area (Å²) in [7, 11) is 0. The van der Waals surface area contributed by atoms with Crippen LogP contribution in [0.2, 0.25) is 0 Å². The zero-order valence-electron chi connectivity index (χ0n) is 17.4. The molecule has 3 N–H and O–H groups in total. The molecule has 0 spiro atoms. The van der Waals surface area contributed by atoms with E-state index >= 15 is 0 Å². The second-order valence-electron chi connectivity index (χ2n) is 8.10. The lowest BCUT2D eigenvalue weighted by Crippen LogP contribution is -2.36. The number of anilines is 1. The molecule has 1 aliphatic rings. The first kappa shape index (κ1) is 20.8. The minimum absolute atomic E-state index is 0.199. The van der Waals surface area contributed by atoms with Crippen LogP contribution in [0.5, 0.6) is 0 Å². The number of para-hydroxylation sites is 1. The normalized spacial score (nSPS) is 15.0. The number of carbonyl (C=O) groups excluding carboxylic acids is 1. The third-order valence-electron chi connectivity index (χ3n) is 5.97. The van der Waals surface area contributed by atoms with Crippen molar-refractivity contribution in [1.82, 2.24) is 10.3 Å². The van der Waals surface area contributed by atoms with Gasteiger partial charge in [0.1, 0.15) is 6.54 Å². The molecule has 0 aliphatic heterocycles. The highest BCUT2D eigenvalue weighted by molar-refractivity contribution is 5.87. The zero-order valence-corrected chi connectivity index (χ0v) is 17.4. The Balaban J connectivity index is 1.44. The maximum atomic E-state index is 12.7. The van der Waals surface area contributed by atoms with Crippen molar-refractivity contribution in [3.63, 3.8) is 0 Å². The lowest BCUT2D eigenvalue weighted by atomic mass is 9.84. The molecule has 0 saturated heterocycles. The maximum absolute atomic E-state index is 12.7. The fourth-order valence-corrected chi connectivity index (χ4v) is 4.41. The number of benzene rings is 2.